The molecule has 0 saturated heterocycles. The van der Waals surface area contributed by atoms with Gasteiger partial charge in [0.05, 0.1) is 19.1 Å². The molecule has 0 fully saturated rings. The van der Waals surface area contributed by atoms with Gasteiger partial charge in [0.1, 0.15) is 0 Å². The van der Waals surface area contributed by atoms with Crippen LogP contribution in [0.1, 0.15) is 7.85 Å². The van der Waals surface area contributed by atoms with Crippen LogP contribution in [0.15, 0.2) is 0 Å². The van der Waals surface area contributed by atoms with E-state index in [1.165, 1.54) is 0 Å². The zero-order valence-corrected chi connectivity index (χ0v) is 7.24. The fraction of sp³-hybridized carbons (Fsp3) is 0.750. The van der Waals surface area contributed by atoms with E-state index >= 15 is 0 Å². The van der Waals surface area contributed by atoms with Crippen molar-refractivity contribution in [3.05, 3.63) is 0 Å². The number of carboxylic acid groups (broad SMARTS) is 1. The molecule has 0 bridgehead atoms. The second-order valence-corrected chi connectivity index (χ2v) is 1.43. The van der Waals surface area contributed by atoms with Crippen LogP contribution >= 0.6 is 0 Å². The molecule has 0 aromatic heterocycles. The first-order valence-electron chi connectivity index (χ1n) is 2.17. The Balaban J connectivity index is -0.000000245. The van der Waals surface area contributed by atoms with E-state index in [1.54, 1.807) is 0 Å². The molecule has 0 rings (SSSR count). The number of carbonyl (C=O) groups is 1. The van der Waals surface area contributed by atoms with E-state index in [0.717, 1.165) is 0 Å². The van der Waals surface area contributed by atoms with Crippen molar-refractivity contribution in [2.75, 3.05) is 6.61 Å². The van der Waals surface area contributed by atoms with Crippen molar-refractivity contribution >= 4 is 5.97 Å². The first-order chi connectivity index (χ1) is 3.66. The molecule has 3 N–H and O–H groups in total. The SMILES string of the molecule is O=C(O)CC(O)CO.[H-].[Na+]. The summed E-state index contributed by atoms with van der Waals surface area (Å²) in [5.41, 5.74) is 0. The molecule has 0 heterocycles. The van der Waals surface area contributed by atoms with Crippen LogP contribution in [0.4, 0.5) is 0 Å². The Morgan fingerprint density at radius 1 is 1.67 bits per heavy atom. The van der Waals surface area contributed by atoms with Gasteiger partial charge in [-0.3, -0.25) is 4.79 Å². The minimum absolute atomic E-state index is 0. The van der Waals surface area contributed by atoms with Crippen molar-refractivity contribution in [2.24, 2.45) is 0 Å². The molecular weight excluding hydrogens is 135 g/mol. The summed E-state index contributed by atoms with van der Waals surface area (Å²) in [5, 5.41) is 24.4. The average molecular weight is 144 g/mol. The predicted molar refractivity (Wildman–Crippen MR) is 26.5 cm³/mol. The van der Waals surface area contributed by atoms with Crippen LogP contribution in [0, 0.1) is 0 Å². The predicted octanol–water partition coefficient (Wildman–Crippen LogP) is -4.07. The molecule has 4 nitrogen and oxygen atoms in total. The minimum atomic E-state index is -1.12. The Bertz CT molecular complexity index is 89.3. The molecule has 0 radical (unpaired) electrons. The fourth-order valence-corrected chi connectivity index (χ4v) is 0.266. The van der Waals surface area contributed by atoms with Crippen LogP contribution in [0.25, 0.3) is 0 Å². The van der Waals surface area contributed by atoms with Gasteiger partial charge in [-0.1, -0.05) is 0 Å². The van der Waals surface area contributed by atoms with Gasteiger partial charge in [0.2, 0.25) is 0 Å². The summed E-state index contributed by atoms with van der Waals surface area (Å²) in [6.07, 6.45) is -1.51. The minimum Gasteiger partial charge on any atom is -1.00 e. The Kier molecular flexibility index (Phi) is 8.75. The van der Waals surface area contributed by atoms with Gasteiger partial charge in [0.15, 0.2) is 0 Å². The van der Waals surface area contributed by atoms with Gasteiger partial charge >= 0.3 is 35.5 Å². The van der Waals surface area contributed by atoms with Crippen LogP contribution in [-0.4, -0.2) is 34.0 Å². The number of carboxylic acids is 1. The zero-order chi connectivity index (χ0) is 6.57. The van der Waals surface area contributed by atoms with Crippen molar-refractivity contribution in [3.63, 3.8) is 0 Å². The first kappa shape index (κ1) is 12.1. The third kappa shape index (κ3) is 8.39. The summed E-state index contributed by atoms with van der Waals surface area (Å²) in [6, 6.07) is 0. The van der Waals surface area contributed by atoms with Crippen LogP contribution in [-0.2, 0) is 4.79 Å². The van der Waals surface area contributed by atoms with Gasteiger partial charge in [-0.05, 0) is 0 Å². The molecule has 1 atom stereocenters. The maximum atomic E-state index is 9.70. The van der Waals surface area contributed by atoms with E-state index in [2.05, 4.69) is 0 Å². The molecule has 0 aromatic rings. The van der Waals surface area contributed by atoms with Gasteiger partial charge in [-0.15, -0.1) is 0 Å². The normalized spacial score (nSPS) is 11.8. The molecule has 0 aliphatic heterocycles. The third-order valence-corrected chi connectivity index (χ3v) is 0.621. The van der Waals surface area contributed by atoms with E-state index < -0.39 is 25.1 Å². The number of aliphatic carboxylic acids is 1. The summed E-state index contributed by atoms with van der Waals surface area (Å²) in [6.45, 7) is -0.494. The standard InChI is InChI=1S/C4H8O4.Na.H/c5-2-3(6)1-4(7)8;;/h3,5-6H,1-2H2,(H,7,8);;/q;+1;-1. The van der Waals surface area contributed by atoms with Gasteiger partial charge in [0.25, 0.3) is 0 Å². The van der Waals surface area contributed by atoms with Gasteiger partial charge in [-0.2, -0.15) is 0 Å². The second kappa shape index (κ2) is 6.51. The Morgan fingerprint density at radius 3 is 2.22 bits per heavy atom. The second-order valence-electron chi connectivity index (χ2n) is 1.43. The van der Waals surface area contributed by atoms with Gasteiger partial charge in [0, 0.05) is 0 Å². The summed E-state index contributed by atoms with van der Waals surface area (Å²) in [4.78, 5) is 9.70. The summed E-state index contributed by atoms with van der Waals surface area (Å²) >= 11 is 0. The number of rotatable bonds is 3. The summed E-state index contributed by atoms with van der Waals surface area (Å²) in [5.74, 6) is -1.11. The molecule has 50 valence electrons. The maximum Gasteiger partial charge on any atom is 1.00 e. The number of aliphatic hydroxyl groups is 2. The van der Waals surface area contributed by atoms with Crippen LogP contribution in [0.3, 0.4) is 0 Å². The Labute approximate surface area is 76.3 Å². The van der Waals surface area contributed by atoms with Crippen LogP contribution in [0.5, 0.6) is 0 Å². The largest absolute Gasteiger partial charge is 1.00 e. The fourth-order valence-electron chi connectivity index (χ4n) is 0.266. The molecule has 0 aliphatic rings. The van der Waals surface area contributed by atoms with E-state index in [-0.39, 0.29) is 31.0 Å². The number of hydrogen-bond donors (Lipinski definition) is 3. The Hall–Kier alpha value is 0.390. The first-order valence-corrected chi connectivity index (χ1v) is 2.17. The molecule has 1 unspecified atom stereocenters. The maximum absolute atomic E-state index is 9.70. The third-order valence-electron chi connectivity index (χ3n) is 0.621. The van der Waals surface area contributed by atoms with Gasteiger partial charge in [-0.25, -0.2) is 0 Å². The van der Waals surface area contributed by atoms with Crippen LogP contribution in [0.2, 0.25) is 0 Å². The quantitative estimate of drug-likeness (QED) is 0.352. The van der Waals surface area contributed by atoms with Crippen LogP contribution < -0.4 is 29.6 Å². The molecule has 0 aliphatic carbocycles. The number of aliphatic hydroxyl groups excluding tert-OH is 2. The van der Waals surface area contributed by atoms with Crippen molar-refractivity contribution in [3.8, 4) is 0 Å². The summed E-state index contributed by atoms with van der Waals surface area (Å²) < 4.78 is 0. The molecule has 0 spiro atoms. The van der Waals surface area contributed by atoms with Crippen molar-refractivity contribution < 1.29 is 51.1 Å². The zero-order valence-electron chi connectivity index (χ0n) is 6.24. The van der Waals surface area contributed by atoms with E-state index in [0.29, 0.717) is 0 Å². The van der Waals surface area contributed by atoms with Crippen molar-refractivity contribution in [1.82, 2.24) is 0 Å². The van der Waals surface area contributed by atoms with E-state index in [4.69, 9.17) is 15.3 Å². The molecule has 0 amide bonds. The molecule has 9 heavy (non-hydrogen) atoms. The van der Waals surface area contributed by atoms with Crippen molar-refractivity contribution in [2.45, 2.75) is 12.5 Å². The average Bonchev–Trinajstić information content (AvgIpc) is 1.65. The Morgan fingerprint density at radius 2 is 2.11 bits per heavy atom. The topological polar surface area (TPSA) is 77.8 Å². The molecule has 0 aromatic carbocycles. The van der Waals surface area contributed by atoms with E-state index in [9.17, 15) is 4.79 Å². The smallest absolute Gasteiger partial charge is 1.00 e. The molecular formula is C4H9NaO4. The number of hydrogen-bond acceptors (Lipinski definition) is 3. The van der Waals surface area contributed by atoms with Gasteiger partial charge < -0.3 is 16.7 Å². The van der Waals surface area contributed by atoms with Crippen molar-refractivity contribution in [1.29, 1.82) is 0 Å². The summed E-state index contributed by atoms with van der Waals surface area (Å²) in [7, 11) is 0. The molecule has 5 heteroatoms. The monoisotopic (exact) mass is 144 g/mol. The van der Waals surface area contributed by atoms with E-state index in [1.807, 2.05) is 0 Å². The molecule has 0 saturated carbocycles.